The molecule has 0 saturated carbocycles. The zero-order valence-corrected chi connectivity index (χ0v) is 15.5. The number of benzene rings is 2. The summed E-state index contributed by atoms with van der Waals surface area (Å²) in [6.07, 6.45) is 1.12. The number of nitrogens with zero attached hydrogens (tertiary/aromatic N) is 2. The van der Waals surface area contributed by atoms with Gasteiger partial charge in [0.15, 0.2) is 0 Å². The third-order valence-corrected chi connectivity index (χ3v) is 5.30. The Hall–Kier alpha value is -2.95. The third-order valence-electron chi connectivity index (χ3n) is 5.30. The SMILES string of the molecule is C[C@@H]1C[C@@H](C)CN(C(=O)c2cccc(N3C(=O)c4ccccc4C3=O)c2)C1. The molecule has 1 fully saturated rings. The first-order valence-corrected chi connectivity index (χ1v) is 9.33. The highest BCUT2D eigenvalue weighted by molar-refractivity contribution is 6.34. The van der Waals surface area contributed by atoms with Gasteiger partial charge in [-0.1, -0.05) is 32.0 Å². The number of likely N-dealkylation sites (tertiary alicyclic amines) is 1. The molecule has 5 nitrogen and oxygen atoms in total. The minimum atomic E-state index is -0.347. The Morgan fingerprint density at radius 2 is 1.48 bits per heavy atom. The second-order valence-corrected chi connectivity index (χ2v) is 7.70. The molecule has 138 valence electrons. The Kier molecular flexibility index (Phi) is 4.30. The van der Waals surface area contributed by atoms with Gasteiger partial charge in [0.05, 0.1) is 16.8 Å². The number of amides is 3. The molecule has 2 aliphatic rings. The van der Waals surface area contributed by atoms with Crippen LogP contribution in [-0.2, 0) is 0 Å². The molecule has 0 spiro atoms. The van der Waals surface area contributed by atoms with Crippen molar-refractivity contribution in [1.82, 2.24) is 4.90 Å². The van der Waals surface area contributed by atoms with Crippen molar-refractivity contribution >= 4 is 23.4 Å². The van der Waals surface area contributed by atoms with Gasteiger partial charge >= 0.3 is 0 Å². The maximum Gasteiger partial charge on any atom is 0.266 e. The van der Waals surface area contributed by atoms with Crippen molar-refractivity contribution in [2.75, 3.05) is 18.0 Å². The first-order valence-electron chi connectivity index (χ1n) is 9.33. The highest BCUT2D eigenvalue weighted by Gasteiger charge is 2.36. The number of imide groups is 1. The largest absolute Gasteiger partial charge is 0.338 e. The summed E-state index contributed by atoms with van der Waals surface area (Å²) in [5.41, 5.74) is 1.74. The van der Waals surface area contributed by atoms with Crippen LogP contribution in [-0.4, -0.2) is 35.7 Å². The van der Waals surface area contributed by atoms with Crippen LogP contribution in [0.2, 0.25) is 0 Å². The molecule has 3 amide bonds. The molecule has 0 bridgehead atoms. The number of anilines is 1. The molecule has 0 unspecified atom stereocenters. The molecule has 5 heteroatoms. The molecule has 27 heavy (non-hydrogen) atoms. The fraction of sp³-hybridized carbons (Fsp3) is 0.318. The Morgan fingerprint density at radius 1 is 0.889 bits per heavy atom. The van der Waals surface area contributed by atoms with Crippen LogP contribution in [0.4, 0.5) is 5.69 Å². The fourth-order valence-corrected chi connectivity index (χ4v) is 4.21. The predicted molar refractivity (Wildman–Crippen MR) is 103 cm³/mol. The van der Waals surface area contributed by atoms with E-state index in [0.29, 0.717) is 34.2 Å². The summed E-state index contributed by atoms with van der Waals surface area (Å²) in [6, 6.07) is 13.6. The molecule has 0 radical (unpaired) electrons. The maximum absolute atomic E-state index is 13.0. The second-order valence-electron chi connectivity index (χ2n) is 7.70. The number of rotatable bonds is 2. The van der Waals surface area contributed by atoms with Crippen molar-refractivity contribution in [3.8, 4) is 0 Å². The van der Waals surface area contributed by atoms with Gasteiger partial charge < -0.3 is 4.90 Å². The molecular formula is C22H22N2O3. The summed E-state index contributed by atoms with van der Waals surface area (Å²) in [6.45, 7) is 5.79. The van der Waals surface area contributed by atoms with E-state index in [1.165, 1.54) is 0 Å². The van der Waals surface area contributed by atoms with Crippen LogP contribution >= 0.6 is 0 Å². The van der Waals surface area contributed by atoms with Gasteiger partial charge in [0.1, 0.15) is 0 Å². The van der Waals surface area contributed by atoms with E-state index in [9.17, 15) is 14.4 Å². The third kappa shape index (κ3) is 3.03. The standard InChI is InChI=1S/C22H22N2O3/c1-14-10-15(2)13-23(12-14)20(25)16-6-5-7-17(11-16)24-21(26)18-8-3-4-9-19(18)22(24)27/h3-9,11,14-15H,10,12-13H2,1-2H3/t14-,15-/m1/s1. The Morgan fingerprint density at radius 3 is 2.07 bits per heavy atom. The van der Waals surface area contributed by atoms with Crippen LogP contribution in [0.1, 0.15) is 51.3 Å². The van der Waals surface area contributed by atoms with Gasteiger partial charge in [-0.05, 0) is 48.6 Å². The van der Waals surface area contributed by atoms with Gasteiger partial charge in [-0.2, -0.15) is 0 Å². The molecule has 0 N–H and O–H groups in total. The van der Waals surface area contributed by atoms with Crippen molar-refractivity contribution in [1.29, 1.82) is 0 Å². The zero-order valence-electron chi connectivity index (χ0n) is 15.5. The first kappa shape index (κ1) is 17.5. The van der Waals surface area contributed by atoms with E-state index in [-0.39, 0.29) is 17.7 Å². The predicted octanol–water partition coefficient (Wildman–Crippen LogP) is 3.61. The minimum absolute atomic E-state index is 0.0492. The van der Waals surface area contributed by atoms with Crippen LogP contribution in [0.25, 0.3) is 0 Å². The van der Waals surface area contributed by atoms with Crippen molar-refractivity contribution in [2.24, 2.45) is 11.8 Å². The lowest BCUT2D eigenvalue weighted by molar-refractivity contribution is 0.0622. The van der Waals surface area contributed by atoms with E-state index in [2.05, 4.69) is 13.8 Å². The molecule has 2 atom stereocenters. The van der Waals surface area contributed by atoms with Crippen molar-refractivity contribution < 1.29 is 14.4 Å². The van der Waals surface area contributed by atoms with Crippen LogP contribution in [0, 0.1) is 11.8 Å². The lowest BCUT2D eigenvalue weighted by Crippen LogP contribution is -2.42. The van der Waals surface area contributed by atoms with E-state index in [0.717, 1.165) is 24.4 Å². The van der Waals surface area contributed by atoms with Crippen LogP contribution in [0.3, 0.4) is 0 Å². The van der Waals surface area contributed by atoms with Gasteiger partial charge in [0.25, 0.3) is 17.7 Å². The molecule has 2 heterocycles. The van der Waals surface area contributed by atoms with Gasteiger partial charge in [-0.3, -0.25) is 14.4 Å². The van der Waals surface area contributed by atoms with Crippen molar-refractivity contribution in [3.63, 3.8) is 0 Å². The summed E-state index contributed by atoms with van der Waals surface area (Å²) in [7, 11) is 0. The molecule has 4 rings (SSSR count). The monoisotopic (exact) mass is 362 g/mol. The summed E-state index contributed by atoms with van der Waals surface area (Å²) in [5, 5.41) is 0. The highest BCUT2D eigenvalue weighted by Crippen LogP contribution is 2.29. The van der Waals surface area contributed by atoms with E-state index >= 15 is 0 Å². The zero-order chi connectivity index (χ0) is 19.1. The summed E-state index contributed by atoms with van der Waals surface area (Å²) in [5.74, 6) is 0.196. The smallest absolute Gasteiger partial charge is 0.266 e. The molecule has 2 aromatic carbocycles. The molecule has 2 aromatic rings. The topological polar surface area (TPSA) is 57.7 Å². The number of piperidine rings is 1. The number of hydrogen-bond acceptors (Lipinski definition) is 3. The van der Waals surface area contributed by atoms with Gasteiger partial charge in [0.2, 0.25) is 0 Å². The summed E-state index contributed by atoms with van der Waals surface area (Å²) in [4.78, 5) is 41.4. The normalized spacial score (nSPS) is 22.1. The fourth-order valence-electron chi connectivity index (χ4n) is 4.21. The minimum Gasteiger partial charge on any atom is -0.338 e. The number of carbonyl (C=O) groups excluding carboxylic acids is 3. The van der Waals surface area contributed by atoms with Gasteiger partial charge in [-0.15, -0.1) is 0 Å². The molecule has 2 aliphatic heterocycles. The Labute approximate surface area is 158 Å². The molecule has 1 saturated heterocycles. The number of fused-ring (bicyclic) bond motifs is 1. The van der Waals surface area contributed by atoms with E-state index < -0.39 is 0 Å². The van der Waals surface area contributed by atoms with Crippen molar-refractivity contribution in [2.45, 2.75) is 20.3 Å². The average molecular weight is 362 g/mol. The summed E-state index contributed by atoms with van der Waals surface area (Å²) >= 11 is 0. The quantitative estimate of drug-likeness (QED) is 0.767. The Bertz CT molecular complexity index is 892. The maximum atomic E-state index is 13.0. The first-order chi connectivity index (χ1) is 13.0. The van der Waals surface area contributed by atoms with Crippen LogP contribution in [0.5, 0.6) is 0 Å². The van der Waals surface area contributed by atoms with E-state index in [1.54, 1.807) is 48.5 Å². The average Bonchev–Trinajstić information content (AvgIpc) is 2.91. The Balaban J connectivity index is 1.63. The van der Waals surface area contributed by atoms with E-state index in [4.69, 9.17) is 0 Å². The number of carbonyl (C=O) groups is 3. The van der Waals surface area contributed by atoms with Gasteiger partial charge in [0, 0.05) is 18.7 Å². The highest BCUT2D eigenvalue weighted by atomic mass is 16.2. The lowest BCUT2D eigenvalue weighted by Gasteiger charge is -2.35. The summed E-state index contributed by atoms with van der Waals surface area (Å²) < 4.78 is 0. The van der Waals surface area contributed by atoms with Crippen LogP contribution < -0.4 is 4.90 Å². The van der Waals surface area contributed by atoms with Crippen molar-refractivity contribution in [3.05, 3.63) is 65.2 Å². The second kappa shape index (κ2) is 6.65. The molecule has 0 aliphatic carbocycles. The van der Waals surface area contributed by atoms with Gasteiger partial charge in [-0.25, -0.2) is 4.90 Å². The van der Waals surface area contributed by atoms with E-state index in [1.807, 2.05) is 4.90 Å². The molecular weight excluding hydrogens is 340 g/mol. The lowest BCUT2D eigenvalue weighted by atomic mass is 9.91. The molecule has 0 aromatic heterocycles. The van der Waals surface area contributed by atoms with Crippen LogP contribution in [0.15, 0.2) is 48.5 Å². The number of hydrogen-bond donors (Lipinski definition) is 0.